The van der Waals surface area contributed by atoms with Crippen molar-refractivity contribution in [3.8, 4) is 5.75 Å². The number of imide groups is 1. The number of rotatable bonds is 3. The summed E-state index contributed by atoms with van der Waals surface area (Å²) in [7, 11) is 0. The molecule has 116 valence electrons. The van der Waals surface area contributed by atoms with Crippen molar-refractivity contribution in [1.29, 1.82) is 0 Å². The maximum Gasteiger partial charge on any atom is 0.417 e. The van der Waals surface area contributed by atoms with E-state index in [0.29, 0.717) is 17.0 Å². The van der Waals surface area contributed by atoms with E-state index in [1.807, 2.05) is 6.07 Å². The SMILES string of the molecule is O=C1NC(=O)C(c2cccc(NC(=O)Oc3ccccc3)c2)N1. The molecule has 0 aliphatic carbocycles. The van der Waals surface area contributed by atoms with Gasteiger partial charge in [-0.3, -0.25) is 15.4 Å². The molecule has 7 nitrogen and oxygen atoms in total. The van der Waals surface area contributed by atoms with Gasteiger partial charge in [0.1, 0.15) is 11.8 Å². The summed E-state index contributed by atoms with van der Waals surface area (Å²) >= 11 is 0. The van der Waals surface area contributed by atoms with Gasteiger partial charge in [0, 0.05) is 5.69 Å². The average molecular weight is 311 g/mol. The van der Waals surface area contributed by atoms with E-state index in [0.717, 1.165) is 0 Å². The Balaban J connectivity index is 1.69. The number of carbonyl (C=O) groups excluding carboxylic acids is 3. The fourth-order valence-electron chi connectivity index (χ4n) is 2.19. The third-order valence-corrected chi connectivity index (χ3v) is 3.19. The van der Waals surface area contributed by atoms with Crippen molar-refractivity contribution in [3.63, 3.8) is 0 Å². The second-order valence-electron chi connectivity index (χ2n) is 4.85. The Kier molecular flexibility index (Phi) is 3.92. The van der Waals surface area contributed by atoms with Gasteiger partial charge in [-0.1, -0.05) is 30.3 Å². The molecule has 2 aromatic carbocycles. The molecule has 0 aromatic heterocycles. The van der Waals surface area contributed by atoms with Crippen LogP contribution in [0, 0.1) is 0 Å². The van der Waals surface area contributed by atoms with Crippen LogP contribution in [0.1, 0.15) is 11.6 Å². The van der Waals surface area contributed by atoms with Gasteiger partial charge < -0.3 is 10.1 Å². The van der Waals surface area contributed by atoms with Crippen LogP contribution >= 0.6 is 0 Å². The number of benzene rings is 2. The molecule has 23 heavy (non-hydrogen) atoms. The standard InChI is InChI=1S/C16H13N3O4/c20-14-13(18-15(21)19-14)10-5-4-6-11(9-10)17-16(22)23-12-7-2-1-3-8-12/h1-9,13H,(H,17,22)(H2,18,19,20,21). The van der Waals surface area contributed by atoms with Crippen molar-refractivity contribution < 1.29 is 19.1 Å². The first-order valence-electron chi connectivity index (χ1n) is 6.87. The molecule has 1 aliphatic rings. The molecule has 7 heteroatoms. The summed E-state index contributed by atoms with van der Waals surface area (Å²) in [5.74, 6) is -0.0115. The Labute approximate surface area is 131 Å². The lowest BCUT2D eigenvalue weighted by Crippen LogP contribution is -2.22. The first kappa shape index (κ1) is 14.6. The molecule has 2 aromatic rings. The summed E-state index contributed by atoms with van der Waals surface area (Å²) in [4.78, 5) is 34.7. The zero-order valence-corrected chi connectivity index (χ0v) is 11.9. The van der Waals surface area contributed by atoms with Crippen LogP contribution in [0.3, 0.4) is 0 Å². The molecule has 3 N–H and O–H groups in total. The largest absolute Gasteiger partial charge is 0.417 e. The number of anilines is 1. The summed E-state index contributed by atoms with van der Waals surface area (Å²) in [6, 6.07) is 13.9. The topological polar surface area (TPSA) is 96.5 Å². The van der Waals surface area contributed by atoms with E-state index < -0.39 is 24.1 Å². The van der Waals surface area contributed by atoms with Crippen molar-refractivity contribution in [2.24, 2.45) is 0 Å². The van der Waals surface area contributed by atoms with E-state index in [1.165, 1.54) is 0 Å². The average Bonchev–Trinajstić information content (AvgIpc) is 2.87. The lowest BCUT2D eigenvalue weighted by Gasteiger charge is -2.11. The number of hydrogen-bond acceptors (Lipinski definition) is 4. The Morgan fingerprint density at radius 2 is 1.83 bits per heavy atom. The van der Waals surface area contributed by atoms with E-state index in [-0.39, 0.29) is 0 Å². The molecule has 4 amide bonds. The van der Waals surface area contributed by atoms with Gasteiger partial charge in [0.05, 0.1) is 0 Å². The summed E-state index contributed by atoms with van der Waals surface area (Å²) in [6.07, 6.45) is -0.645. The molecule has 1 heterocycles. The predicted octanol–water partition coefficient (Wildman–Crippen LogP) is 2.18. The van der Waals surface area contributed by atoms with E-state index >= 15 is 0 Å². The first-order valence-corrected chi connectivity index (χ1v) is 6.87. The maximum atomic E-state index is 11.8. The minimum atomic E-state index is -0.769. The zero-order chi connectivity index (χ0) is 16.2. The maximum absolute atomic E-state index is 11.8. The highest BCUT2D eigenvalue weighted by atomic mass is 16.6. The van der Waals surface area contributed by atoms with Crippen LogP contribution in [0.25, 0.3) is 0 Å². The normalized spacial score (nSPS) is 16.4. The molecule has 1 saturated heterocycles. The summed E-state index contributed by atoms with van der Waals surface area (Å²) < 4.78 is 5.12. The molecule has 0 radical (unpaired) electrons. The molecular weight excluding hydrogens is 298 g/mol. The van der Waals surface area contributed by atoms with Gasteiger partial charge in [0.25, 0.3) is 5.91 Å². The molecule has 1 atom stereocenters. The summed E-state index contributed by atoms with van der Waals surface area (Å²) in [5.41, 5.74) is 1.02. The number of nitrogens with one attached hydrogen (secondary N) is 3. The number of hydrogen-bond donors (Lipinski definition) is 3. The lowest BCUT2D eigenvalue weighted by molar-refractivity contribution is -0.120. The van der Waals surface area contributed by atoms with Gasteiger partial charge in [0.15, 0.2) is 0 Å². The third-order valence-electron chi connectivity index (χ3n) is 3.19. The van der Waals surface area contributed by atoms with Crippen molar-refractivity contribution in [3.05, 3.63) is 60.2 Å². The van der Waals surface area contributed by atoms with Crippen LogP contribution in [0.4, 0.5) is 15.3 Å². The summed E-state index contributed by atoms with van der Waals surface area (Å²) in [5, 5.41) is 7.23. The second-order valence-corrected chi connectivity index (χ2v) is 4.85. The molecule has 1 unspecified atom stereocenters. The predicted molar refractivity (Wildman–Crippen MR) is 81.9 cm³/mol. The van der Waals surface area contributed by atoms with Crippen molar-refractivity contribution in [1.82, 2.24) is 10.6 Å². The molecule has 0 saturated carbocycles. The van der Waals surface area contributed by atoms with Crippen molar-refractivity contribution >= 4 is 23.7 Å². The Morgan fingerprint density at radius 3 is 2.52 bits per heavy atom. The molecule has 3 rings (SSSR count). The number of amides is 4. The van der Waals surface area contributed by atoms with E-state index in [4.69, 9.17) is 4.74 Å². The minimum Gasteiger partial charge on any atom is -0.410 e. The first-order chi connectivity index (χ1) is 11.1. The van der Waals surface area contributed by atoms with Crippen LogP contribution in [0.2, 0.25) is 0 Å². The number of para-hydroxylation sites is 1. The highest BCUT2D eigenvalue weighted by molar-refractivity contribution is 6.04. The fourth-order valence-corrected chi connectivity index (χ4v) is 2.19. The highest BCUT2D eigenvalue weighted by Crippen LogP contribution is 2.20. The quantitative estimate of drug-likeness (QED) is 0.757. The highest BCUT2D eigenvalue weighted by Gasteiger charge is 2.30. The third kappa shape index (κ3) is 3.46. The molecule has 1 fully saturated rings. The number of ether oxygens (including phenoxy) is 1. The van der Waals surface area contributed by atoms with Crippen molar-refractivity contribution in [2.75, 3.05) is 5.32 Å². The van der Waals surface area contributed by atoms with Crippen LogP contribution < -0.4 is 20.7 Å². The Hall–Kier alpha value is -3.35. The van der Waals surface area contributed by atoms with Gasteiger partial charge in [0.2, 0.25) is 0 Å². The monoisotopic (exact) mass is 311 g/mol. The number of urea groups is 1. The van der Waals surface area contributed by atoms with Gasteiger partial charge in [-0.25, -0.2) is 9.59 Å². The molecule has 1 aliphatic heterocycles. The molecular formula is C16H13N3O4. The Morgan fingerprint density at radius 1 is 1.04 bits per heavy atom. The van der Waals surface area contributed by atoms with E-state index in [1.54, 1.807) is 48.5 Å². The second kappa shape index (κ2) is 6.18. The van der Waals surface area contributed by atoms with Gasteiger partial charge in [-0.2, -0.15) is 0 Å². The zero-order valence-electron chi connectivity index (χ0n) is 11.9. The molecule has 0 bridgehead atoms. The number of carbonyl (C=O) groups is 3. The molecule has 0 spiro atoms. The fraction of sp³-hybridized carbons (Fsp3) is 0.0625. The summed E-state index contributed by atoms with van der Waals surface area (Å²) in [6.45, 7) is 0. The van der Waals surface area contributed by atoms with Crippen LogP contribution in [0.5, 0.6) is 5.75 Å². The van der Waals surface area contributed by atoms with Crippen LogP contribution in [0.15, 0.2) is 54.6 Å². The van der Waals surface area contributed by atoms with Crippen LogP contribution in [-0.2, 0) is 4.79 Å². The van der Waals surface area contributed by atoms with Gasteiger partial charge >= 0.3 is 12.1 Å². The van der Waals surface area contributed by atoms with Gasteiger partial charge in [-0.05, 0) is 29.8 Å². The van der Waals surface area contributed by atoms with E-state index in [2.05, 4.69) is 16.0 Å². The lowest BCUT2D eigenvalue weighted by atomic mass is 10.1. The smallest absolute Gasteiger partial charge is 0.410 e. The minimum absolute atomic E-state index is 0.420. The van der Waals surface area contributed by atoms with Crippen molar-refractivity contribution in [2.45, 2.75) is 6.04 Å². The van der Waals surface area contributed by atoms with Gasteiger partial charge in [-0.15, -0.1) is 0 Å². The van der Waals surface area contributed by atoms with E-state index in [9.17, 15) is 14.4 Å². The Bertz CT molecular complexity index is 761. The van der Waals surface area contributed by atoms with Crippen LogP contribution in [-0.4, -0.2) is 18.0 Å².